The summed E-state index contributed by atoms with van der Waals surface area (Å²) in [5.41, 5.74) is 8.45. The molecule has 44 heavy (non-hydrogen) atoms. The maximum Gasteiger partial charge on any atom is 0.135 e. The molecule has 0 spiro atoms. The second-order valence-corrected chi connectivity index (χ2v) is 11.8. The highest BCUT2D eigenvalue weighted by molar-refractivity contribution is 6.21. The van der Waals surface area contributed by atoms with Crippen LogP contribution in [0.3, 0.4) is 0 Å². The molecule has 0 bridgehead atoms. The van der Waals surface area contributed by atoms with Crippen LogP contribution in [0.5, 0.6) is 0 Å². The minimum atomic E-state index is 0.261. The number of hydrogen-bond donors (Lipinski definition) is 0. The van der Waals surface area contributed by atoms with E-state index in [1.807, 2.05) is 0 Å². The highest BCUT2D eigenvalue weighted by Gasteiger charge is 2.29. The minimum Gasteiger partial charge on any atom is -0.460 e. The fourth-order valence-electron chi connectivity index (χ4n) is 7.04. The lowest BCUT2D eigenvalue weighted by molar-refractivity contribution is 0.492. The molecular weight excluding hydrogens is 532 g/mol. The maximum absolute atomic E-state index is 6.65. The van der Waals surface area contributed by atoms with Crippen molar-refractivity contribution in [3.05, 3.63) is 163 Å². The molecule has 5 aromatic carbocycles. The van der Waals surface area contributed by atoms with Crippen molar-refractivity contribution in [3.63, 3.8) is 0 Å². The first kappa shape index (κ1) is 26.5. The molecule has 2 aliphatic carbocycles. The van der Waals surface area contributed by atoms with Crippen LogP contribution in [0.1, 0.15) is 36.1 Å². The Labute approximate surface area is 258 Å². The van der Waals surface area contributed by atoms with Crippen molar-refractivity contribution in [3.8, 4) is 22.3 Å². The molecule has 0 aliphatic heterocycles. The van der Waals surface area contributed by atoms with Gasteiger partial charge in [-0.15, -0.1) is 0 Å². The van der Waals surface area contributed by atoms with E-state index in [0.29, 0.717) is 5.92 Å². The molecule has 2 unspecified atom stereocenters. The average Bonchev–Trinajstić information content (AvgIpc) is 3.46. The first-order valence-corrected chi connectivity index (χ1v) is 15.7. The van der Waals surface area contributed by atoms with E-state index >= 15 is 0 Å². The van der Waals surface area contributed by atoms with Gasteiger partial charge < -0.3 is 4.42 Å². The zero-order valence-corrected chi connectivity index (χ0v) is 24.9. The first-order chi connectivity index (χ1) is 21.8. The van der Waals surface area contributed by atoms with Gasteiger partial charge in [0, 0.05) is 22.8 Å². The lowest BCUT2D eigenvalue weighted by Crippen LogP contribution is -2.11. The van der Waals surface area contributed by atoms with Crippen molar-refractivity contribution in [1.29, 1.82) is 0 Å². The van der Waals surface area contributed by atoms with E-state index in [-0.39, 0.29) is 5.92 Å². The van der Waals surface area contributed by atoms with Gasteiger partial charge in [-0.2, -0.15) is 0 Å². The van der Waals surface area contributed by atoms with Gasteiger partial charge in [-0.25, -0.2) is 0 Å². The van der Waals surface area contributed by atoms with Crippen LogP contribution in [-0.4, -0.2) is 0 Å². The SMILES string of the molecule is CC/C=C\C=C/Cc1ccc(-c2c3ccccc3c(-c3ccc4c5c(oc4c3)C3C=CC=CC3C=C5)c3ccccc23)cc1. The standard InChI is InChI=1S/C43H34O/c1-2-3-4-5-6-13-29-20-22-31(23-21-29)41-35-16-9-11-18-37(35)42(38-19-12-10-17-36(38)41)32-25-26-34-39-27-24-30-14-7-8-15-33(30)43(39)44-40(34)28-32/h3-12,14-28,30,33H,2,13H2,1H3/b4-3-,6-5-. The van der Waals surface area contributed by atoms with Crippen molar-refractivity contribution in [2.45, 2.75) is 25.7 Å². The Hall–Kier alpha value is -5.14. The third-order valence-corrected chi connectivity index (χ3v) is 9.16. The highest BCUT2D eigenvalue weighted by atomic mass is 16.3. The average molecular weight is 567 g/mol. The largest absolute Gasteiger partial charge is 0.460 e. The number of furan rings is 1. The fourth-order valence-corrected chi connectivity index (χ4v) is 7.04. The van der Waals surface area contributed by atoms with Gasteiger partial charge in [0.15, 0.2) is 0 Å². The van der Waals surface area contributed by atoms with E-state index < -0.39 is 0 Å². The van der Waals surface area contributed by atoms with Crippen LogP contribution in [-0.2, 0) is 6.42 Å². The molecule has 0 saturated carbocycles. The summed E-state index contributed by atoms with van der Waals surface area (Å²) in [6.07, 6.45) is 24.0. The Kier molecular flexibility index (Phi) is 6.72. The van der Waals surface area contributed by atoms with Gasteiger partial charge in [-0.05, 0) is 74.3 Å². The molecule has 0 saturated heterocycles. The van der Waals surface area contributed by atoms with E-state index in [9.17, 15) is 0 Å². The van der Waals surface area contributed by atoms with E-state index in [1.54, 1.807) is 0 Å². The molecule has 0 fully saturated rings. The molecule has 0 radical (unpaired) electrons. The van der Waals surface area contributed by atoms with Crippen LogP contribution in [0.25, 0.3) is 60.8 Å². The van der Waals surface area contributed by atoms with E-state index in [0.717, 1.165) is 24.2 Å². The number of benzene rings is 5. The topological polar surface area (TPSA) is 13.1 Å². The summed E-state index contributed by atoms with van der Waals surface area (Å²) in [6.45, 7) is 2.16. The highest BCUT2D eigenvalue weighted by Crippen LogP contribution is 2.46. The lowest BCUT2D eigenvalue weighted by Gasteiger charge is -2.23. The molecule has 8 rings (SSSR count). The molecule has 212 valence electrons. The van der Waals surface area contributed by atoms with E-state index in [1.165, 1.54) is 60.3 Å². The summed E-state index contributed by atoms with van der Waals surface area (Å²) in [6, 6.07) is 33.6. The molecule has 6 aromatic rings. The number of hydrogen-bond acceptors (Lipinski definition) is 1. The van der Waals surface area contributed by atoms with Gasteiger partial charge >= 0.3 is 0 Å². The molecule has 1 heteroatoms. The molecule has 0 amide bonds. The summed E-state index contributed by atoms with van der Waals surface area (Å²) < 4.78 is 6.65. The normalized spacial score (nSPS) is 17.4. The predicted octanol–water partition coefficient (Wildman–Crippen LogP) is 12.0. The Morgan fingerprint density at radius 2 is 1.27 bits per heavy atom. The zero-order valence-electron chi connectivity index (χ0n) is 24.9. The minimum absolute atomic E-state index is 0.261. The Morgan fingerprint density at radius 3 is 1.98 bits per heavy atom. The van der Waals surface area contributed by atoms with Crippen LogP contribution in [0.15, 0.2) is 150 Å². The number of rotatable bonds is 6. The van der Waals surface area contributed by atoms with Gasteiger partial charge in [0.1, 0.15) is 11.3 Å². The van der Waals surface area contributed by atoms with Gasteiger partial charge in [0.05, 0.1) is 0 Å². The van der Waals surface area contributed by atoms with E-state index in [4.69, 9.17) is 4.42 Å². The second kappa shape index (κ2) is 11.2. The molecule has 0 N–H and O–H groups in total. The molecule has 1 heterocycles. The monoisotopic (exact) mass is 566 g/mol. The maximum atomic E-state index is 6.65. The number of allylic oxidation sites excluding steroid dienone is 9. The van der Waals surface area contributed by atoms with Crippen molar-refractivity contribution in [1.82, 2.24) is 0 Å². The molecule has 1 aromatic heterocycles. The quantitative estimate of drug-likeness (QED) is 0.144. The number of fused-ring (bicyclic) bond motifs is 7. The zero-order chi connectivity index (χ0) is 29.5. The summed E-state index contributed by atoms with van der Waals surface area (Å²) in [5.74, 6) is 1.70. The third kappa shape index (κ3) is 4.48. The Bertz CT molecular complexity index is 2120. The third-order valence-electron chi connectivity index (χ3n) is 9.16. The molecular formula is C43H34O. The van der Waals surface area contributed by atoms with Crippen molar-refractivity contribution in [2.75, 3.05) is 0 Å². The first-order valence-electron chi connectivity index (χ1n) is 15.7. The predicted molar refractivity (Wildman–Crippen MR) is 188 cm³/mol. The molecule has 2 aliphatic rings. The van der Waals surface area contributed by atoms with Crippen molar-refractivity contribution in [2.24, 2.45) is 5.92 Å². The van der Waals surface area contributed by atoms with Gasteiger partial charge in [-0.1, -0.05) is 147 Å². The van der Waals surface area contributed by atoms with Gasteiger partial charge in [-0.3, -0.25) is 0 Å². The van der Waals surface area contributed by atoms with E-state index in [2.05, 4.69) is 159 Å². The van der Waals surface area contributed by atoms with Crippen LogP contribution >= 0.6 is 0 Å². The summed E-state index contributed by atoms with van der Waals surface area (Å²) in [7, 11) is 0. The lowest BCUT2D eigenvalue weighted by atomic mass is 9.81. The van der Waals surface area contributed by atoms with Crippen molar-refractivity contribution < 1.29 is 4.42 Å². The van der Waals surface area contributed by atoms with Crippen LogP contribution < -0.4 is 0 Å². The van der Waals surface area contributed by atoms with Gasteiger partial charge in [0.25, 0.3) is 0 Å². The fraction of sp³-hybridized carbons (Fsp3) is 0.116. The molecule has 1 nitrogen and oxygen atoms in total. The summed E-state index contributed by atoms with van der Waals surface area (Å²) >= 11 is 0. The second-order valence-electron chi connectivity index (χ2n) is 11.8. The van der Waals surface area contributed by atoms with Crippen LogP contribution in [0.4, 0.5) is 0 Å². The smallest absolute Gasteiger partial charge is 0.135 e. The van der Waals surface area contributed by atoms with Crippen LogP contribution in [0.2, 0.25) is 0 Å². The Morgan fingerprint density at radius 1 is 0.636 bits per heavy atom. The summed E-state index contributed by atoms with van der Waals surface area (Å²) in [4.78, 5) is 0. The summed E-state index contributed by atoms with van der Waals surface area (Å²) in [5, 5.41) is 6.23. The van der Waals surface area contributed by atoms with Crippen molar-refractivity contribution >= 4 is 38.6 Å². The van der Waals surface area contributed by atoms with Crippen LogP contribution in [0, 0.1) is 5.92 Å². The molecule has 2 atom stereocenters. The Balaban J connectivity index is 1.26. The van der Waals surface area contributed by atoms with Gasteiger partial charge in [0.2, 0.25) is 0 Å².